The zero-order valence-electron chi connectivity index (χ0n) is 9.27. The molecule has 1 aliphatic heterocycles. The lowest BCUT2D eigenvalue weighted by atomic mass is 10.2. The van der Waals surface area contributed by atoms with Crippen molar-refractivity contribution >= 4 is 17.8 Å². The Morgan fingerprint density at radius 2 is 1.88 bits per heavy atom. The van der Waals surface area contributed by atoms with Gasteiger partial charge in [-0.3, -0.25) is 9.59 Å². The molecular formula is C11H15NO4. The van der Waals surface area contributed by atoms with Gasteiger partial charge in [-0.1, -0.05) is 6.58 Å². The minimum Gasteiger partial charge on any atom is -0.438 e. The molecule has 0 saturated carbocycles. The maximum atomic E-state index is 11.6. The van der Waals surface area contributed by atoms with Crippen molar-refractivity contribution in [3.05, 3.63) is 12.7 Å². The highest BCUT2D eigenvalue weighted by Gasteiger charge is 2.30. The van der Waals surface area contributed by atoms with Crippen LogP contribution >= 0.6 is 0 Å². The van der Waals surface area contributed by atoms with E-state index in [1.807, 2.05) is 0 Å². The summed E-state index contributed by atoms with van der Waals surface area (Å²) in [7, 11) is 0. The van der Waals surface area contributed by atoms with E-state index >= 15 is 0 Å². The molecule has 0 aromatic carbocycles. The molecule has 2 amide bonds. The standard InChI is InChI=1S/C11H15NO4/c1-3-11(15)16-8(2)12-9(13)6-4-5-7-10(12)14/h3,8H,1,4-7H2,2H3. The molecular weight excluding hydrogens is 210 g/mol. The van der Waals surface area contributed by atoms with Crippen LogP contribution in [0.25, 0.3) is 0 Å². The topological polar surface area (TPSA) is 63.7 Å². The van der Waals surface area contributed by atoms with Crippen LogP contribution in [0.4, 0.5) is 0 Å². The molecule has 0 bridgehead atoms. The summed E-state index contributed by atoms with van der Waals surface area (Å²) < 4.78 is 4.86. The fourth-order valence-electron chi connectivity index (χ4n) is 1.61. The number of hydrogen-bond donors (Lipinski definition) is 0. The highest BCUT2D eigenvalue weighted by atomic mass is 16.6. The molecule has 1 unspecified atom stereocenters. The van der Waals surface area contributed by atoms with Gasteiger partial charge in [-0.25, -0.2) is 9.69 Å². The molecule has 0 radical (unpaired) electrons. The second kappa shape index (κ2) is 5.44. The van der Waals surface area contributed by atoms with Crippen LogP contribution in [0.15, 0.2) is 12.7 Å². The normalized spacial score (nSPS) is 18.9. The number of rotatable bonds is 3. The molecule has 1 saturated heterocycles. The Hall–Kier alpha value is -1.65. The number of likely N-dealkylation sites (tertiary alicyclic amines) is 1. The van der Waals surface area contributed by atoms with Crippen molar-refractivity contribution in [2.45, 2.75) is 38.8 Å². The van der Waals surface area contributed by atoms with Crippen LogP contribution in [0.5, 0.6) is 0 Å². The van der Waals surface area contributed by atoms with E-state index in [0.29, 0.717) is 25.7 Å². The average molecular weight is 225 g/mol. The summed E-state index contributed by atoms with van der Waals surface area (Å²) in [6, 6.07) is 0. The summed E-state index contributed by atoms with van der Waals surface area (Å²) >= 11 is 0. The van der Waals surface area contributed by atoms with E-state index in [-0.39, 0.29) is 11.8 Å². The van der Waals surface area contributed by atoms with Gasteiger partial charge in [0.15, 0.2) is 6.23 Å². The Kier molecular flexibility index (Phi) is 4.22. The lowest BCUT2D eigenvalue weighted by Crippen LogP contribution is -2.44. The molecule has 0 spiro atoms. The lowest BCUT2D eigenvalue weighted by molar-refractivity contribution is -0.165. The number of ether oxygens (including phenoxy) is 1. The molecule has 1 atom stereocenters. The number of carbonyl (C=O) groups is 3. The number of hydrogen-bond acceptors (Lipinski definition) is 4. The summed E-state index contributed by atoms with van der Waals surface area (Å²) in [6.45, 7) is 4.75. The Bertz CT molecular complexity index is 306. The van der Waals surface area contributed by atoms with Crippen LogP contribution in [0.1, 0.15) is 32.6 Å². The van der Waals surface area contributed by atoms with Crippen molar-refractivity contribution in [3.63, 3.8) is 0 Å². The van der Waals surface area contributed by atoms with Crippen molar-refractivity contribution in [1.29, 1.82) is 0 Å². The maximum Gasteiger partial charge on any atom is 0.332 e. The third-order valence-corrected chi connectivity index (χ3v) is 2.39. The summed E-state index contributed by atoms with van der Waals surface area (Å²) in [5.74, 6) is -1.21. The van der Waals surface area contributed by atoms with E-state index in [9.17, 15) is 14.4 Å². The first-order valence-corrected chi connectivity index (χ1v) is 5.24. The van der Waals surface area contributed by atoms with E-state index < -0.39 is 12.2 Å². The SMILES string of the molecule is C=CC(=O)OC(C)N1C(=O)CCCCC1=O. The van der Waals surface area contributed by atoms with E-state index in [4.69, 9.17) is 4.74 Å². The number of carbonyl (C=O) groups excluding carboxylic acids is 3. The molecule has 1 fully saturated rings. The first kappa shape index (κ1) is 12.4. The lowest BCUT2D eigenvalue weighted by Gasteiger charge is -2.25. The predicted octanol–water partition coefficient (Wildman–Crippen LogP) is 0.991. The Balaban J connectivity index is 2.73. The van der Waals surface area contributed by atoms with Gasteiger partial charge < -0.3 is 4.74 Å². The second-order valence-electron chi connectivity index (χ2n) is 3.60. The molecule has 0 N–H and O–H groups in total. The summed E-state index contributed by atoms with van der Waals surface area (Å²) in [5.41, 5.74) is 0. The third kappa shape index (κ3) is 2.92. The third-order valence-electron chi connectivity index (χ3n) is 2.39. The molecule has 16 heavy (non-hydrogen) atoms. The molecule has 0 aliphatic carbocycles. The fraction of sp³-hybridized carbons (Fsp3) is 0.545. The van der Waals surface area contributed by atoms with Crippen LogP contribution in [-0.4, -0.2) is 28.9 Å². The minimum absolute atomic E-state index is 0.285. The molecule has 1 rings (SSSR count). The van der Waals surface area contributed by atoms with Gasteiger partial charge in [-0.2, -0.15) is 0 Å². The number of esters is 1. The summed E-state index contributed by atoms with van der Waals surface area (Å²) in [4.78, 5) is 35.2. The number of amides is 2. The molecule has 5 nitrogen and oxygen atoms in total. The van der Waals surface area contributed by atoms with Crippen LogP contribution in [0, 0.1) is 0 Å². The van der Waals surface area contributed by atoms with E-state index in [2.05, 4.69) is 6.58 Å². The predicted molar refractivity (Wildman–Crippen MR) is 56.1 cm³/mol. The fourth-order valence-corrected chi connectivity index (χ4v) is 1.61. The maximum absolute atomic E-state index is 11.6. The number of nitrogens with zero attached hydrogens (tertiary/aromatic N) is 1. The van der Waals surface area contributed by atoms with Crippen LogP contribution in [-0.2, 0) is 19.1 Å². The quantitative estimate of drug-likeness (QED) is 0.408. The first-order chi connectivity index (χ1) is 7.56. The Morgan fingerprint density at radius 1 is 1.38 bits per heavy atom. The van der Waals surface area contributed by atoms with Gasteiger partial charge in [0.2, 0.25) is 11.8 Å². The van der Waals surface area contributed by atoms with E-state index in [0.717, 1.165) is 11.0 Å². The Morgan fingerprint density at radius 3 is 2.31 bits per heavy atom. The molecule has 0 aromatic rings. The smallest absolute Gasteiger partial charge is 0.332 e. The zero-order valence-corrected chi connectivity index (χ0v) is 9.27. The largest absolute Gasteiger partial charge is 0.438 e. The van der Waals surface area contributed by atoms with Crippen molar-refractivity contribution in [2.75, 3.05) is 0 Å². The summed E-state index contributed by atoms with van der Waals surface area (Å²) in [6.07, 6.45) is 2.18. The van der Waals surface area contributed by atoms with Gasteiger partial charge >= 0.3 is 5.97 Å². The average Bonchev–Trinajstić information content (AvgIpc) is 2.39. The summed E-state index contributed by atoms with van der Waals surface area (Å²) in [5, 5.41) is 0. The molecule has 0 aromatic heterocycles. The monoisotopic (exact) mass is 225 g/mol. The second-order valence-corrected chi connectivity index (χ2v) is 3.60. The molecule has 1 aliphatic rings. The number of imide groups is 1. The van der Waals surface area contributed by atoms with E-state index in [1.54, 1.807) is 0 Å². The van der Waals surface area contributed by atoms with Gasteiger partial charge in [-0.15, -0.1) is 0 Å². The van der Waals surface area contributed by atoms with Crippen LogP contribution in [0.2, 0.25) is 0 Å². The minimum atomic E-state index is -0.858. The van der Waals surface area contributed by atoms with Crippen LogP contribution < -0.4 is 0 Å². The van der Waals surface area contributed by atoms with Gasteiger partial charge in [0.1, 0.15) is 0 Å². The Labute approximate surface area is 94.1 Å². The van der Waals surface area contributed by atoms with Gasteiger partial charge in [0, 0.05) is 18.9 Å². The van der Waals surface area contributed by atoms with Crippen molar-refractivity contribution in [1.82, 2.24) is 4.90 Å². The van der Waals surface area contributed by atoms with Crippen molar-refractivity contribution in [3.8, 4) is 0 Å². The van der Waals surface area contributed by atoms with Crippen molar-refractivity contribution in [2.24, 2.45) is 0 Å². The van der Waals surface area contributed by atoms with Gasteiger partial charge in [0.25, 0.3) is 0 Å². The molecule has 88 valence electrons. The molecule has 5 heteroatoms. The molecule has 1 heterocycles. The van der Waals surface area contributed by atoms with Crippen molar-refractivity contribution < 1.29 is 19.1 Å². The van der Waals surface area contributed by atoms with Gasteiger partial charge in [-0.05, 0) is 19.8 Å². The first-order valence-electron chi connectivity index (χ1n) is 5.24. The highest BCUT2D eigenvalue weighted by molar-refractivity contribution is 5.96. The van der Waals surface area contributed by atoms with E-state index in [1.165, 1.54) is 6.92 Å². The van der Waals surface area contributed by atoms with Crippen LogP contribution in [0.3, 0.4) is 0 Å². The highest BCUT2D eigenvalue weighted by Crippen LogP contribution is 2.16. The zero-order chi connectivity index (χ0) is 12.1. The van der Waals surface area contributed by atoms with Gasteiger partial charge in [0.05, 0.1) is 0 Å².